The molecule has 0 radical (unpaired) electrons. The van der Waals surface area contributed by atoms with E-state index in [-0.39, 0.29) is 10.7 Å². The van der Waals surface area contributed by atoms with Crippen LogP contribution in [0.1, 0.15) is 12.8 Å². The van der Waals surface area contributed by atoms with Gasteiger partial charge in [-0.2, -0.15) is 0 Å². The zero-order chi connectivity index (χ0) is 24.7. The van der Waals surface area contributed by atoms with Crippen molar-refractivity contribution in [2.24, 2.45) is 17.8 Å². The Labute approximate surface area is 214 Å². The smallest absolute Gasteiger partial charge is 0.407 e. The number of carbonyl (C=O) groups is 1. The third-order valence-corrected chi connectivity index (χ3v) is 8.06. The third kappa shape index (κ3) is 4.69. The van der Waals surface area contributed by atoms with Gasteiger partial charge in [0.2, 0.25) is 0 Å². The van der Waals surface area contributed by atoms with Gasteiger partial charge in [-0.05, 0) is 64.7 Å². The zero-order valence-corrected chi connectivity index (χ0v) is 21.1. The second-order valence-electron chi connectivity index (χ2n) is 8.95. The van der Waals surface area contributed by atoms with E-state index in [0.29, 0.717) is 70.1 Å². The van der Waals surface area contributed by atoms with Crippen LogP contribution in [0.15, 0.2) is 35.1 Å². The highest BCUT2D eigenvalue weighted by molar-refractivity contribution is 9.10. The fraction of sp³-hybridized carbons (Fsp3) is 0.375. The van der Waals surface area contributed by atoms with E-state index < -0.39 is 11.9 Å². The Balaban J connectivity index is 1.33. The predicted molar refractivity (Wildman–Crippen MR) is 133 cm³/mol. The van der Waals surface area contributed by atoms with Crippen molar-refractivity contribution in [1.29, 1.82) is 0 Å². The van der Waals surface area contributed by atoms with Crippen LogP contribution in [0.3, 0.4) is 0 Å². The Morgan fingerprint density at radius 1 is 1.26 bits per heavy atom. The second kappa shape index (κ2) is 9.66. The fourth-order valence-corrected chi connectivity index (χ4v) is 5.58. The van der Waals surface area contributed by atoms with E-state index in [9.17, 15) is 14.3 Å². The van der Waals surface area contributed by atoms with Crippen molar-refractivity contribution in [3.8, 4) is 11.5 Å². The number of methoxy groups -OCH3 is 1. The lowest BCUT2D eigenvalue weighted by atomic mass is 10.0. The average molecular weight is 566 g/mol. The first-order chi connectivity index (χ1) is 16.8. The molecule has 2 fully saturated rings. The maximum Gasteiger partial charge on any atom is 0.407 e. The van der Waals surface area contributed by atoms with Crippen LogP contribution in [0.2, 0.25) is 5.02 Å². The van der Waals surface area contributed by atoms with Gasteiger partial charge >= 0.3 is 6.09 Å². The number of nitrogens with zero attached hydrogens (tertiary/aromatic N) is 3. The van der Waals surface area contributed by atoms with Gasteiger partial charge in [-0.15, -0.1) is 0 Å². The highest BCUT2D eigenvalue weighted by atomic mass is 79.9. The molecule has 2 heterocycles. The lowest BCUT2D eigenvalue weighted by Gasteiger charge is -2.18. The van der Waals surface area contributed by atoms with Crippen molar-refractivity contribution >= 4 is 56.0 Å². The normalized spacial score (nSPS) is 21.3. The molecule has 1 aliphatic heterocycles. The van der Waals surface area contributed by atoms with Crippen LogP contribution in [-0.4, -0.2) is 52.9 Å². The molecule has 0 spiro atoms. The van der Waals surface area contributed by atoms with Crippen molar-refractivity contribution in [2.75, 3.05) is 32.1 Å². The van der Waals surface area contributed by atoms with Gasteiger partial charge in [-0.3, -0.25) is 0 Å². The molecule has 5 rings (SSSR count). The first-order valence-corrected chi connectivity index (χ1v) is 12.3. The summed E-state index contributed by atoms with van der Waals surface area (Å²) >= 11 is 9.23. The summed E-state index contributed by atoms with van der Waals surface area (Å²) in [5, 5.41) is 12.8. The number of likely N-dealkylation sites (tertiary alicyclic amines) is 1. The largest absolute Gasteiger partial charge is 0.493 e. The molecule has 2 aliphatic rings. The molecule has 1 aromatic heterocycles. The molecule has 1 saturated heterocycles. The molecule has 0 bridgehead atoms. The Bertz CT molecular complexity index is 1280. The molecule has 8 nitrogen and oxygen atoms in total. The van der Waals surface area contributed by atoms with Crippen molar-refractivity contribution in [3.05, 3.63) is 45.9 Å². The number of nitrogens with one attached hydrogen (secondary N) is 1. The van der Waals surface area contributed by atoms with Gasteiger partial charge in [0.05, 0.1) is 29.9 Å². The van der Waals surface area contributed by atoms with Crippen molar-refractivity contribution in [2.45, 2.75) is 12.8 Å². The minimum atomic E-state index is -0.838. The summed E-state index contributed by atoms with van der Waals surface area (Å²) in [5.74, 6) is 2.04. The molecule has 3 atom stereocenters. The lowest BCUT2D eigenvalue weighted by Crippen LogP contribution is -2.28. The number of carboxylic acid groups (broad SMARTS) is 1. The first-order valence-electron chi connectivity index (χ1n) is 11.2. The second-order valence-corrected chi connectivity index (χ2v) is 10.2. The van der Waals surface area contributed by atoms with Crippen LogP contribution in [0.5, 0.6) is 11.5 Å². The summed E-state index contributed by atoms with van der Waals surface area (Å²) in [6, 6.07) is 6.77. The van der Waals surface area contributed by atoms with Gasteiger partial charge in [0.1, 0.15) is 12.1 Å². The molecule has 11 heteroatoms. The minimum Gasteiger partial charge on any atom is -0.493 e. The molecule has 2 aromatic carbocycles. The quantitative estimate of drug-likeness (QED) is 0.356. The third-order valence-electron chi connectivity index (χ3n) is 6.80. The van der Waals surface area contributed by atoms with Crippen LogP contribution in [0, 0.1) is 23.6 Å². The van der Waals surface area contributed by atoms with E-state index in [1.807, 2.05) is 0 Å². The van der Waals surface area contributed by atoms with Crippen molar-refractivity contribution < 1.29 is 23.8 Å². The Morgan fingerprint density at radius 2 is 2.00 bits per heavy atom. The lowest BCUT2D eigenvalue weighted by molar-refractivity contribution is 0.149. The monoisotopic (exact) mass is 564 g/mol. The molecule has 1 amide bonds. The van der Waals surface area contributed by atoms with Gasteiger partial charge in [0.25, 0.3) is 0 Å². The number of ether oxygens (including phenoxy) is 2. The van der Waals surface area contributed by atoms with Gasteiger partial charge in [0, 0.05) is 29.0 Å². The van der Waals surface area contributed by atoms with E-state index in [1.54, 1.807) is 31.4 Å². The highest BCUT2D eigenvalue weighted by Gasteiger charge is 2.42. The number of anilines is 2. The molecule has 1 aliphatic carbocycles. The van der Waals surface area contributed by atoms with Crippen molar-refractivity contribution in [1.82, 2.24) is 14.9 Å². The molecule has 0 unspecified atom stereocenters. The number of halogens is 3. The minimum absolute atomic E-state index is 0.0200. The number of rotatable bonds is 6. The standard InChI is InChI=1S/C24H23BrClFN4O4/c1-34-19-6-15-18(28-11-29-23(15)30-17-3-2-16(25)21(26)22(17)27)7-20(19)35-10-12-4-13-8-31(24(32)33)9-14(13)5-12/h2-3,6-7,11-14H,4-5,8-10H2,1H3,(H,32,33)(H,28,29,30)/t12-,13+,14-. The number of hydrogen-bond donors (Lipinski definition) is 2. The summed E-state index contributed by atoms with van der Waals surface area (Å²) in [4.78, 5) is 21.4. The van der Waals surface area contributed by atoms with E-state index >= 15 is 0 Å². The van der Waals surface area contributed by atoms with E-state index in [2.05, 4.69) is 31.2 Å². The van der Waals surface area contributed by atoms with Gasteiger partial charge in [-0.25, -0.2) is 19.2 Å². The van der Waals surface area contributed by atoms with E-state index in [0.717, 1.165) is 12.8 Å². The van der Waals surface area contributed by atoms with Crippen molar-refractivity contribution in [3.63, 3.8) is 0 Å². The Hall–Kier alpha value is -2.85. The predicted octanol–water partition coefficient (Wildman–Crippen LogP) is 5.95. The summed E-state index contributed by atoms with van der Waals surface area (Å²) in [6.45, 7) is 1.72. The molecule has 3 aromatic rings. The maximum atomic E-state index is 14.6. The summed E-state index contributed by atoms with van der Waals surface area (Å²) in [7, 11) is 1.56. The van der Waals surface area contributed by atoms with E-state index in [4.69, 9.17) is 21.1 Å². The van der Waals surface area contributed by atoms with Crippen LogP contribution in [-0.2, 0) is 0 Å². The summed E-state index contributed by atoms with van der Waals surface area (Å²) in [6.07, 6.45) is 2.45. The van der Waals surface area contributed by atoms with Crippen LogP contribution in [0.25, 0.3) is 10.9 Å². The van der Waals surface area contributed by atoms with E-state index in [1.165, 1.54) is 11.2 Å². The SMILES string of the molecule is COc1cc2c(Nc3ccc(Br)c(Cl)c3F)ncnc2cc1OC[C@H]1C[C@@H]2CN(C(=O)O)C[C@@H]2C1. The Morgan fingerprint density at radius 3 is 2.69 bits per heavy atom. The van der Waals surface area contributed by atoms with Gasteiger partial charge in [-0.1, -0.05) is 11.6 Å². The van der Waals surface area contributed by atoms with Gasteiger partial charge < -0.3 is 24.8 Å². The Kier molecular flexibility index (Phi) is 6.59. The highest BCUT2D eigenvalue weighted by Crippen LogP contribution is 2.43. The first kappa shape index (κ1) is 23.9. The van der Waals surface area contributed by atoms with Crippen LogP contribution >= 0.6 is 27.5 Å². The summed E-state index contributed by atoms with van der Waals surface area (Å²) in [5.41, 5.74) is 0.799. The topological polar surface area (TPSA) is 96.8 Å². The number of fused-ring (bicyclic) bond motifs is 2. The zero-order valence-electron chi connectivity index (χ0n) is 18.8. The molecule has 2 N–H and O–H groups in total. The fourth-order valence-electron chi connectivity index (χ4n) is 5.11. The molecular weight excluding hydrogens is 543 g/mol. The molecular formula is C24H23BrClFN4O4. The average Bonchev–Trinajstić information content (AvgIpc) is 3.42. The summed E-state index contributed by atoms with van der Waals surface area (Å²) < 4.78 is 26.8. The number of benzene rings is 2. The number of aromatic nitrogens is 2. The van der Waals surface area contributed by atoms with Crippen LogP contribution in [0.4, 0.5) is 20.7 Å². The molecule has 35 heavy (non-hydrogen) atoms. The maximum absolute atomic E-state index is 14.6. The van der Waals surface area contributed by atoms with Gasteiger partial charge in [0.15, 0.2) is 17.3 Å². The van der Waals surface area contributed by atoms with Crippen LogP contribution < -0.4 is 14.8 Å². The molecule has 184 valence electrons. The number of amides is 1. The molecule has 1 saturated carbocycles. The number of hydrogen-bond acceptors (Lipinski definition) is 6.